The largest absolute Gasteiger partial charge is 0.507 e. The van der Waals surface area contributed by atoms with E-state index in [1.54, 1.807) is 12.0 Å². The van der Waals surface area contributed by atoms with Crippen LogP contribution in [0.1, 0.15) is 44.8 Å². The minimum absolute atomic E-state index is 0.0623. The van der Waals surface area contributed by atoms with Gasteiger partial charge in [0.25, 0.3) is 0 Å². The number of fused-ring (bicyclic) bond motifs is 1. The molecule has 0 saturated carbocycles. The molecule has 2 heterocycles. The van der Waals surface area contributed by atoms with Gasteiger partial charge in [-0.25, -0.2) is 0 Å². The monoisotopic (exact) mass is 561 g/mol. The van der Waals surface area contributed by atoms with E-state index >= 15 is 0 Å². The molecule has 0 fully saturated rings. The molecule has 0 radical (unpaired) electrons. The number of phenolic OH excluding ortho intramolecular Hbond substituents is 2. The van der Waals surface area contributed by atoms with E-state index in [1.165, 1.54) is 0 Å². The third-order valence-corrected chi connectivity index (χ3v) is 8.12. The molecule has 1 amide bonds. The van der Waals surface area contributed by atoms with Crippen molar-refractivity contribution in [2.24, 2.45) is 0 Å². The molecule has 8 nitrogen and oxygen atoms in total. The van der Waals surface area contributed by atoms with Crippen LogP contribution in [-0.4, -0.2) is 33.4 Å². The molecule has 0 atom stereocenters. The lowest BCUT2D eigenvalue weighted by atomic mass is 9.69. The molecule has 0 saturated heterocycles. The number of carbonyl (C=O) groups is 1. The minimum atomic E-state index is -1.25. The number of nitrogens with zero attached hydrogens (tertiary/aromatic N) is 3. The Kier molecular flexibility index (Phi) is 6.49. The Morgan fingerprint density at radius 1 is 0.833 bits per heavy atom. The number of aromatic hydroxyl groups is 2. The van der Waals surface area contributed by atoms with Crippen molar-refractivity contribution in [3.63, 3.8) is 0 Å². The molecule has 1 aromatic heterocycles. The van der Waals surface area contributed by atoms with Crippen LogP contribution in [0.2, 0.25) is 0 Å². The van der Waals surface area contributed by atoms with Gasteiger partial charge in [0.1, 0.15) is 29.2 Å². The fraction of sp³-hybridized carbons (Fsp3) is 0.206. The number of aromatic nitrogens is 2. The maximum atomic E-state index is 14.9. The number of rotatable bonds is 6. The molecule has 6 rings (SSSR count). The SMILES string of the molecule is COc1ccc(-c2noc(CN3C(=O)C(c4cc(C)c(O)c(C)c4)(c4cc(C)c(O)c(C)c4)c4ccccc43)n2)cc1. The summed E-state index contributed by atoms with van der Waals surface area (Å²) in [7, 11) is 1.61. The molecule has 5 aromatic rings. The summed E-state index contributed by atoms with van der Waals surface area (Å²) in [6, 6.07) is 22.5. The van der Waals surface area contributed by atoms with Crippen LogP contribution in [0.15, 0.2) is 77.3 Å². The van der Waals surface area contributed by atoms with Crippen molar-refractivity contribution < 1.29 is 24.3 Å². The van der Waals surface area contributed by atoms with Crippen molar-refractivity contribution in [2.45, 2.75) is 39.7 Å². The highest BCUT2D eigenvalue weighted by Crippen LogP contribution is 2.52. The van der Waals surface area contributed by atoms with Crippen molar-refractivity contribution in [1.82, 2.24) is 10.1 Å². The van der Waals surface area contributed by atoms with E-state index in [1.807, 2.05) is 100 Å². The fourth-order valence-electron chi connectivity index (χ4n) is 5.99. The first-order valence-electron chi connectivity index (χ1n) is 13.6. The summed E-state index contributed by atoms with van der Waals surface area (Å²) in [4.78, 5) is 21.2. The maximum absolute atomic E-state index is 14.9. The zero-order valence-electron chi connectivity index (χ0n) is 24.1. The number of hydrogen-bond acceptors (Lipinski definition) is 7. The van der Waals surface area contributed by atoms with Gasteiger partial charge in [-0.15, -0.1) is 0 Å². The Labute approximate surface area is 243 Å². The summed E-state index contributed by atoms with van der Waals surface area (Å²) in [5.74, 6) is 1.61. The number of methoxy groups -OCH3 is 1. The molecular formula is C34H31N3O5. The molecule has 8 heteroatoms. The Balaban J connectivity index is 1.52. The van der Waals surface area contributed by atoms with E-state index in [-0.39, 0.29) is 29.8 Å². The zero-order valence-corrected chi connectivity index (χ0v) is 24.1. The first kappa shape index (κ1) is 27.1. The second-order valence-corrected chi connectivity index (χ2v) is 10.8. The van der Waals surface area contributed by atoms with Gasteiger partial charge in [-0.2, -0.15) is 4.98 Å². The summed E-state index contributed by atoms with van der Waals surface area (Å²) in [5, 5.41) is 25.4. The van der Waals surface area contributed by atoms with Crippen LogP contribution >= 0.6 is 0 Å². The topological polar surface area (TPSA) is 109 Å². The average Bonchev–Trinajstić information content (AvgIpc) is 3.55. The smallest absolute Gasteiger partial charge is 0.247 e. The standard InChI is InChI=1S/C34H31N3O5/c1-19-14-24(15-20(2)30(19)38)34(25-16-21(3)31(39)22(4)17-25)27-8-6-7-9-28(27)37(33(34)40)18-29-35-32(36-42-29)23-10-12-26(41-5)13-11-23/h6-17,38-39H,18H2,1-5H3. The van der Waals surface area contributed by atoms with Crippen LogP contribution in [0, 0.1) is 27.7 Å². The highest BCUT2D eigenvalue weighted by Gasteiger charge is 2.54. The second kappa shape index (κ2) is 10.1. The number of para-hydroxylation sites is 1. The maximum Gasteiger partial charge on any atom is 0.247 e. The highest BCUT2D eigenvalue weighted by molar-refractivity contribution is 6.13. The number of carbonyl (C=O) groups excluding carboxylic acids is 1. The van der Waals surface area contributed by atoms with E-state index in [2.05, 4.69) is 10.1 Å². The Bertz CT molecular complexity index is 1740. The van der Waals surface area contributed by atoms with E-state index < -0.39 is 5.41 Å². The molecule has 0 bridgehead atoms. The van der Waals surface area contributed by atoms with Gasteiger partial charge < -0.3 is 24.4 Å². The Hall–Kier alpha value is -5.11. The third-order valence-electron chi connectivity index (χ3n) is 8.12. The van der Waals surface area contributed by atoms with E-state index in [0.29, 0.717) is 28.1 Å². The number of aryl methyl sites for hydroxylation is 4. The number of benzene rings is 4. The number of hydrogen-bond donors (Lipinski definition) is 2. The summed E-state index contributed by atoms with van der Waals surface area (Å²) in [6.45, 7) is 7.38. The number of amides is 1. The van der Waals surface area contributed by atoms with Gasteiger partial charge in [-0.05, 0) is 91.4 Å². The number of ether oxygens (including phenoxy) is 1. The van der Waals surface area contributed by atoms with Crippen LogP contribution in [0.3, 0.4) is 0 Å². The first-order valence-corrected chi connectivity index (χ1v) is 13.6. The summed E-state index contributed by atoms with van der Waals surface area (Å²) in [5.41, 5.74) is 5.15. The number of phenols is 2. The molecule has 0 aliphatic carbocycles. The van der Waals surface area contributed by atoms with Crippen molar-refractivity contribution in [2.75, 3.05) is 12.0 Å². The first-order chi connectivity index (χ1) is 20.1. The lowest BCUT2D eigenvalue weighted by Gasteiger charge is -2.32. The fourth-order valence-corrected chi connectivity index (χ4v) is 5.99. The van der Waals surface area contributed by atoms with Gasteiger partial charge in [0.2, 0.25) is 17.6 Å². The van der Waals surface area contributed by atoms with Crippen molar-refractivity contribution in [3.05, 3.63) is 118 Å². The lowest BCUT2D eigenvalue weighted by molar-refractivity contribution is -0.120. The van der Waals surface area contributed by atoms with E-state index in [0.717, 1.165) is 33.7 Å². The predicted molar refractivity (Wildman–Crippen MR) is 159 cm³/mol. The van der Waals surface area contributed by atoms with E-state index in [9.17, 15) is 15.0 Å². The molecular weight excluding hydrogens is 530 g/mol. The lowest BCUT2D eigenvalue weighted by Crippen LogP contribution is -2.42. The molecule has 1 aliphatic heterocycles. The summed E-state index contributed by atoms with van der Waals surface area (Å²) in [6.07, 6.45) is 0. The Morgan fingerprint density at radius 3 is 1.93 bits per heavy atom. The number of anilines is 1. The van der Waals surface area contributed by atoms with Crippen LogP contribution in [0.25, 0.3) is 11.4 Å². The second-order valence-electron chi connectivity index (χ2n) is 10.8. The normalized spacial score (nSPS) is 13.8. The minimum Gasteiger partial charge on any atom is -0.507 e. The van der Waals surface area contributed by atoms with Crippen LogP contribution < -0.4 is 9.64 Å². The summed E-state index contributed by atoms with van der Waals surface area (Å²) < 4.78 is 10.9. The molecule has 0 unspecified atom stereocenters. The average molecular weight is 562 g/mol. The van der Waals surface area contributed by atoms with Gasteiger partial charge in [0.05, 0.1) is 7.11 Å². The van der Waals surface area contributed by atoms with Gasteiger partial charge in [0, 0.05) is 16.8 Å². The molecule has 4 aromatic carbocycles. The molecule has 1 aliphatic rings. The van der Waals surface area contributed by atoms with Crippen LogP contribution in [0.4, 0.5) is 5.69 Å². The van der Waals surface area contributed by atoms with Gasteiger partial charge >= 0.3 is 0 Å². The molecule has 42 heavy (non-hydrogen) atoms. The van der Waals surface area contributed by atoms with Crippen molar-refractivity contribution in [3.8, 4) is 28.6 Å². The highest BCUT2D eigenvalue weighted by atomic mass is 16.5. The molecule has 212 valence electrons. The molecule has 0 spiro atoms. The van der Waals surface area contributed by atoms with Gasteiger partial charge in [-0.1, -0.05) is 47.6 Å². The summed E-state index contributed by atoms with van der Waals surface area (Å²) >= 11 is 0. The van der Waals surface area contributed by atoms with Gasteiger partial charge in [0.15, 0.2) is 0 Å². The Morgan fingerprint density at radius 2 is 1.38 bits per heavy atom. The van der Waals surface area contributed by atoms with Crippen LogP contribution in [-0.2, 0) is 16.8 Å². The van der Waals surface area contributed by atoms with Gasteiger partial charge in [-0.3, -0.25) is 4.79 Å². The quantitative estimate of drug-likeness (QED) is 0.251. The predicted octanol–water partition coefficient (Wildman–Crippen LogP) is 6.27. The van der Waals surface area contributed by atoms with Crippen molar-refractivity contribution >= 4 is 11.6 Å². The molecule has 2 N–H and O–H groups in total. The zero-order chi connectivity index (χ0) is 29.8. The van der Waals surface area contributed by atoms with E-state index in [4.69, 9.17) is 9.26 Å². The van der Waals surface area contributed by atoms with Crippen molar-refractivity contribution in [1.29, 1.82) is 0 Å². The van der Waals surface area contributed by atoms with Crippen LogP contribution in [0.5, 0.6) is 17.2 Å². The third kappa shape index (κ3) is 4.10.